The second-order valence-corrected chi connectivity index (χ2v) is 5.64. The molecule has 0 bridgehead atoms. The minimum Gasteiger partial charge on any atom is -0.0874 e. The molecule has 1 heteroatoms. The van der Waals surface area contributed by atoms with Gasteiger partial charge in [0.05, 0.1) is 0 Å². The quantitative estimate of drug-likeness (QED) is 0.437. The molecule has 3 rings (SSSR count). The van der Waals surface area contributed by atoms with Crippen LogP contribution >= 0.6 is 15.9 Å². The Morgan fingerprint density at radius 3 is 2.92 bits per heavy atom. The molecule has 0 aromatic rings. The van der Waals surface area contributed by atoms with Gasteiger partial charge in [0.15, 0.2) is 0 Å². The highest BCUT2D eigenvalue weighted by Gasteiger charge is 2.74. The third-order valence-corrected chi connectivity index (χ3v) is 6.09. The molecule has 3 atom stereocenters. The van der Waals surface area contributed by atoms with Crippen molar-refractivity contribution in [2.45, 2.75) is 43.4 Å². The van der Waals surface area contributed by atoms with Crippen molar-refractivity contribution in [1.29, 1.82) is 0 Å². The summed E-state index contributed by atoms with van der Waals surface area (Å²) in [5.74, 6) is 0. The Labute approximate surface area is 82.5 Å². The Kier molecular flexibility index (Phi) is 1.38. The largest absolute Gasteiger partial charge is 0.0874 e. The van der Waals surface area contributed by atoms with Crippen LogP contribution in [0.2, 0.25) is 0 Å². The van der Waals surface area contributed by atoms with Crippen molar-refractivity contribution in [2.75, 3.05) is 0 Å². The normalized spacial score (nSPS) is 55.9. The van der Waals surface area contributed by atoms with E-state index in [2.05, 4.69) is 28.1 Å². The average molecular weight is 227 g/mol. The molecule has 0 nitrogen and oxygen atoms in total. The van der Waals surface area contributed by atoms with E-state index in [0.717, 1.165) is 4.83 Å². The van der Waals surface area contributed by atoms with Crippen LogP contribution in [0, 0.1) is 10.8 Å². The van der Waals surface area contributed by atoms with Gasteiger partial charge in [0.1, 0.15) is 0 Å². The van der Waals surface area contributed by atoms with Crippen LogP contribution in [-0.4, -0.2) is 4.83 Å². The van der Waals surface area contributed by atoms with Crippen LogP contribution in [0.5, 0.6) is 0 Å². The monoisotopic (exact) mass is 226 g/mol. The van der Waals surface area contributed by atoms with E-state index in [0.29, 0.717) is 10.8 Å². The van der Waals surface area contributed by atoms with Gasteiger partial charge >= 0.3 is 0 Å². The topological polar surface area (TPSA) is 0 Å². The molecule has 0 saturated heterocycles. The van der Waals surface area contributed by atoms with Crippen LogP contribution < -0.4 is 0 Å². The molecule has 2 saturated carbocycles. The maximum absolute atomic E-state index is 3.88. The molecule has 3 aliphatic rings. The van der Waals surface area contributed by atoms with Crippen LogP contribution in [-0.2, 0) is 0 Å². The first kappa shape index (κ1) is 7.61. The lowest BCUT2D eigenvalue weighted by Gasteiger charge is -2.12. The van der Waals surface area contributed by atoms with E-state index in [1.807, 2.05) is 0 Å². The third-order valence-electron chi connectivity index (χ3n) is 4.39. The van der Waals surface area contributed by atoms with Gasteiger partial charge in [-0.1, -0.05) is 47.3 Å². The zero-order valence-corrected chi connectivity index (χ0v) is 8.94. The van der Waals surface area contributed by atoms with Gasteiger partial charge in [-0.3, -0.25) is 0 Å². The van der Waals surface area contributed by atoms with Crippen LogP contribution in [0.1, 0.15) is 38.5 Å². The summed E-state index contributed by atoms with van der Waals surface area (Å²) in [5.41, 5.74) is 1.30. The van der Waals surface area contributed by atoms with Crippen LogP contribution in [0.15, 0.2) is 12.2 Å². The minimum absolute atomic E-state index is 0.615. The Bertz CT molecular complexity index is 245. The maximum Gasteiger partial charge on any atom is 0.0310 e. The molecule has 66 valence electrons. The summed E-state index contributed by atoms with van der Waals surface area (Å²) in [6.07, 6.45) is 13.6. The second kappa shape index (κ2) is 2.17. The fourth-order valence-corrected chi connectivity index (χ4v) is 5.16. The molecular formula is C11H15Br. The first-order valence-corrected chi connectivity index (χ1v) is 6.05. The molecule has 0 aliphatic heterocycles. The van der Waals surface area contributed by atoms with Gasteiger partial charge in [-0.25, -0.2) is 0 Å². The molecule has 0 heterocycles. The first-order chi connectivity index (χ1) is 5.82. The second-order valence-electron chi connectivity index (χ2n) is 4.73. The highest BCUT2D eigenvalue weighted by molar-refractivity contribution is 9.09. The summed E-state index contributed by atoms with van der Waals surface area (Å²) >= 11 is 3.88. The fourth-order valence-electron chi connectivity index (χ4n) is 3.61. The van der Waals surface area contributed by atoms with E-state index >= 15 is 0 Å². The Hall–Kier alpha value is 0.220. The van der Waals surface area contributed by atoms with Gasteiger partial charge in [-0.2, -0.15) is 0 Å². The summed E-state index contributed by atoms with van der Waals surface area (Å²) in [5, 5.41) is 0. The van der Waals surface area contributed by atoms with E-state index in [1.54, 1.807) is 0 Å². The van der Waals surface area contributed by atoms with E-state index in [9.17, 15) is 0 Å². The van der Waals surface area contributed by atoms with Crippen LogP contribution in [0.3, 0.4) is 0 Å². The summed E-state index contributed by atoms with van der Waals surface area (Å²) in [6, 6.07) is 0. The molecule has 12 heavy (non-hydrogen) atoms. The SMILES string of the molecule is BrC1C23C=CCC12CCCCC3. The lowest BCUT2D eigenvalue weighted by Crippen LogP contribution is -2.04. The summed E-state index contributed by atoms with van der Waals surface area (Å²) in [7, 11) is 0. The Morgan fingerprint density at radius 1 is 1.17 bits per heavy atom. The van der Waals surface area contributed by atoms with Crippen LogP contribution in [0.4, 0.5) is 0 Å². The molecule has 3 unspecified atom stereocenters. The summed E-state index contributed by atoms with van der Waals surface area (Å²) in [4.78, 5) is 0.822. The molecule has 0 amide bonds. The highest BCUT2D eigenvalue weighted by atomic mass is 79.9. The average Bonchev–Trinajstić information content (AvgIpc) is 2.45. The molecule has 0 N–H and O–H groups in total. The fraction of sp³-hybridized carbons (Fsp3) is 0.818. The van der Waals surface area contributed by atoms with Crippen molar-refractivity contribution in [2.24, 2.45) is 10.8 Å². The van der Waals surface area contributed by atoms with Crippen LogP contribution in [0.25, 0.3) is 0 Å². The van der Waals surface area contributed by atoms with E-state index in [1.165, 1.54) is 38.5 Å². The molecule has 2 fully saturated rings. The molecule has 0 radical (unpaired) electrons. The molecular weight excluding hydrogens is 212 g/mol. The van der Waals surface area contributed by atoms with E-state index in [-0.39, 0.29) is 0 Å². The van der Waals surface area contributed by atoms with E-state index in [4.69, 9.17) is 0 Å². The number of halogens is 1. The van der Waals surface area contributed by atoms with Gasteiger partial charge in [-0.15, -0.1) is 0 Å². The zero-order chi connectivity index (χ0) is 8.23. The predicted molar refractivity (Wildman–Crippen MR) is 54.4 cm³/mol. The highest BCUT2D eigenvalue weighted by Crippen LogP contribution is 2.78. The lowest BCUT2D eigenvalue weighted by atomic mass is 9.91. The smallest absolute Gasteiger partial charge is 0.0310 e. The van der Waals surface area contributed by atoms with Crippen molar-refractivity contribution >= 4 is 15.9 Å². The summed E-state index contributed by atoms with van der Waals surface area (Å²) < 4.78 is 0. The van der Waals surface area contributed by atoms with Crippen molar-refractivity contribution in [3.05, 3.63) is 12.2 Å². The lowest BCUT2D eigenvalue weighted by molar-refractivity contribution is 0.397. The predicted octanol–water partition coefficient (Wildman–Crippen LogP) is 3.66. The van der Waals surface area contributed by atoms with Gasteiger partial charge in [0.25, 0.3) is 0 Å². The molecule has 3 aliphatic carbocycles. The first-order valence-electron chi connectivity index (χ1n) is 5.14. The number of allylic oxidation sites excluding steroid dienone is 2. The third kappa shape index (κ3) is 0.627. The van der Waals surface area contributed by atoms with Crippen molar-refractivity contribution in [3.8, 4) is 0 Å². The number of rotatable bonds is 0. The number of hydrogen-bond donors (Lipinski definition) is 0. The van der Waals surface area contributed by atoms with Gasteiger partial charge in [0.2, 0.25) is 0 Å². The van der Waals surface area contributed by atoms with Gasteiger partial charge in [0, 0.05) is 10.2 Å². The zero-order valence-electron chi connectivity index (χ0n) is 7.35. The summed E-state index contributed by atoms with van der Waals surface area (Å²) in [6.45, 7) is 0. The minimum atomic E-state index is 0.615. The molecule has 0 aromatic heterocycles. The van der Waals surface area contributed by atoms with Gasteiger partial charge < -0.3 is 0 Å². The standard InChI is InChI=1S/C11H15Br/c12-9-10-5-2-1-3-6-11(9,10)8-4-7-10/h4,7,9H,1-3,5-6,8H2. The number of alkyl halides is 1. The molecule has 0 spiro atoms. The van der Waals surface area contributed by atoms with Crippen molar-refractivity contribution in [1.82, 2.24) is 0 Å². The van der Waals surface area contributed by atoms with Gasteiger partial charge in [-0.05, 0) is 24.7 Å². The Morgan fingerprint density at radius 2 is 2.00 bits per heavy atom. The van der Waals surface area contributed by atoms with Crippen molar-refractivity contribution < 1.29 is 0 Å². The maximum atomic E-state index is 3.88. The van der Waals surface area contributed by atoms with Crippen molar-refractivity contribution in [3.63, 3.8) is 0 Å². The Balaban J connectivity index is 1.99. The molecule has 0 aromatic carbocycles. The number of hydrogen-bond acceptors (Lipinski definition) is 0. The van der Waals surface area contributed by atoms with E-state index < -0.39 is 0 Å².